The number of hydrogen-bond donors (Lipinski definition) is 10. The molecule has 2 aromatic rings. The fraction of sp³-hybridized carbons (Fsp3) is 0.214. The highest BCUT2D eigenvalue weighted by Gasteiger charge is 2.13. The molecule has 48 heavy (non-hydrogen) atoms. The SMILES string of the molecule is C/C(=N/N=C(N)N)c1cc(NC(=O)CCC(=O)Nc2cc(/C(C)=N\N=C(N)N)cc(/C(C)=N/N=C(N)N)c2)cc(/C(C)=N/N=C(N)N)c1. The van der Waals surface area contributed by atoms with Crippen LogP contribution in [0.2, 0.25) is 0 Å². The van der Waals surface area contributed by atoms with Crippen LogP contribution in [0.15, 0.2) is 77.2 Å². The van der Waals surface area contributed by atoms with E-state index in [9.17, 15) is 9.59 Å². The summed E-state index contributed by atoms with van der Waals surface area (Å²) in [5.74, 6) is -1.80. The monoisotopic (exact) mass is 660 g/mol. The summed E-state index contributed by atoms with van der Waals surface area (Å²) in [6.07, 6.45) is -0.313. The topological polar surface area (TPSA) is 365 Å². The Labute approximate surface area is 276 Å². The molecule has 0 fully saturated rings. The number of carbonyl (C=O) groups excluding carboxylic acids is 2. The lowest BCUT2D eigenvalue weighted by Gasteiger charge is -2.12. The standard InChI is InChI=1S/C28H40N18O2/c1-13(39-43-25(29)30)17-7-18(14(2)40-44-26(31)32)10-21(9-17)37-23(47)5-6-24(48)38-22-11-19(15(3)41-45-27(33)34)8-20(12-22)16(4)42-46-28(35)36/h7-12H,5-6H2,1-4H3,(H,37,47)(H,38,48)(H4,29,30,43)(H4,31,32,44)(H4,33,34,45)(H4,35,36,46)/b39-13-,40-14+,41-15-,42-16+. The first-order chi connectivity index (χ1) is 22.5. The number of rotatable bonds is 13. The molecule has 0 spiro atoms. The Morgan fingerprint density at radius 1 is 0.438 bits per heavy atom. The number of hydrogen-bond acceptors (Lipinski definition) is 10. The first kappa shape index (κ1) is 37.3. The molecule has 18 N–H and O–H groups in total. The summed E-state index contributed by atoms with van der Waals surface area (Å²) in [6, 6.07) is 10.1. The number of nitrogens with two attached hydrogens (primary N) is 8. The summed E-state index contributed by atoms with van der Waals surface area (Å²) in [6.45, 7) is 6.69. The van der Waals surface area contributed by atoms with E-state index in [1.165, 1.54) is 0 Å². The predicted molar refractivity (Wildman–Crippen MR) is 191 cm³/mol. The van der Waals surface area contributed by atoms with Crippen LogP contribution in [-0.2, 0) is 9.59 Å². The molecule has 0 aliphatic heterocycles. The average Bonchev–Trinajstić information content (AvgIpc) is 3.02. The summed E-state index contributed by atoms with van der Waals surface area (Å²) in [5.41, 5.74) is 47.9. The number of anilines is 2. The molecule has 2 rings (SSSR count). The molecule has 0 bridgehead atoms. The van der Waals surface area contributed by atoms with Gasteiger partial charge in [0.1, 0.15) is 0 Å². The molecule has 2 amide bonds. The first-order valence-corrected chi connectivity index (χ1v) is 14.0. The molecule has 20 nitrogen and oxygen atoms in total. The zero-order chi connectivity index (χ0) is 36.0. The third-order valence-corrected chi connectivity index (χ3v) is 5.95. The largest absolute Gasteiger partial charge is 0.369 e. The summed E-state index contributed by atoms with van der Waals surface area (Å²) in [5, 5.41) is 36.2. The number of nitrogens with one attached hydrogen (secondary N) is 2. The van der Waals surface area contributed by atoms with Gasteiger partial charge in [-0.15, -0.1) is 20.4 Å². The Bertz CT molecular complexity index is 1530. The van der Waals surface area contributed by atoms with Crippen LogP contribution in [0.25, 0.3) is 0 Å². The van der Waals surface area contributed by atoms with E-state index in [0.29, 0.717) is 56.5 Å². The Balaban J connectivity index is 2.31. The van der Waals surface area contributed by atoms with Gasteiger partial charge in [0, 0.05) is 46.5 Å². The maximum Gasteiger partial charge on any atom is 0.224 e. The van der Waals surface area contributed by atoms with Gasteiger partial charge >= 0.3 is 0 Å². The molecule has 20 heteroatoms. The summed E-state index contributed by atoms with van der Waals surface area (Å²) >= 11 is 0. The van der Waals surface area contributed by atoms with E-state index in [1.54, 1.807) is 64.1 Å². The van der Waals surface area contributed by atoms with Crippen molar-refractivity contribution in [2.45, 2.75) is 40.5 Å². The van der Waals surface area contributed by atoms with Gasteiger partial charge in [-0.1, -0.05) is 0 Å². The van der Waals surface area contributed by atoms with E-state index in [1.807, 2.05) is 0 Å². The average molecular weight is 661 g/mol. The maximum atomic E-state index is 12.9. The number of nitrogens with zero attached hydrogens (tertiary/aromatic N) is 8. The predicted octanol–water partition coefficient (Wildman–Crippen LogP) is -0.966. The lowest BCUT2D eigenvalue weighted by atomic mass is 10.0. The number of amides is 2. The maximum absolute atomic E-state index is 12.9. The van der Waals surface area contributed by atoms with Crippen molar-refractivity contribution >= 4 is 69.9 Å². The molecule has 0 aliphatic rings. The van der Waals surface area contributed by atoms with Crippen LogP contribution in [0.5, 0.6) is 0 Å². The minimum Gasteiger partial charge on any atom is -0.369 e. The third-order valence-electron chi connectivity index (χ3n) is 5.95. The third kappa shape index (κ3) is 13.0. The molecule has 0 unspecified atom stereocenters. The van der Waals surface area contributed by atoms with Gasteiger partial charge in [-0.2, -0.15) is 20.4 Å². The molecule has 0 aliphatic carbocycles. The van der Waals surface area contributed by atoms with Crippen molar-refractivity contribution in [3.63, 3.8) is 0 Å². The van der Waals surface area contributed by atoms with Gasteiger partial charge < -0.3 is 56.5 Å². The summed E-state index contributed by atoms with van der Waals surface area (Å²) in [4.78, 5) is 25.9. The van der Waals surface area contributed by atoms with Gasteiger partial charge in [-0.25, -0.2) is 0 Å². The number of guanidine groups is 4. The molecular formula is C28H40N18O2. The van der Waals surface area contributed by atoms with E-state index < -0.39 is 11.8 Å². The van der Waals surface area contributed by atoms with Crippen molar-refractivity contribution in [1.29, 1.82) is 0 Å². The number of carbonyl (C=O) groups is 2. The van der Waals surface area contributed by atoms with Crippen molar-refractivity contribution < 1.29 is 9.59 Å². The van der Waals surface area contributed by atoms with E-state index in [-0.39, 0.29) is 36.7 Å². The van der Waals surface area contributed by atoms with Crippen LogP contribution in [0.4, 0.5) is 11.4 Å². The van der Waals surface area contributed by atoms with Gasteiger partial charge in [-0.05, 0) is 64.1 Å². The van der Waals surface area contributed by atoms with Crippen molar-refractivity contribution in [2.24, 2.45) is 86.7 Å². The Morgan fingerprint density at radius 3 is 0.875 bits per heavy atom. The van der Waals surface area contributed by atoms with Crippen LogP contribution >= 0.6 is 0 Å². The second-order valence-electron chi connectivity index (χ2n) is 10.0. The second-order valence-corrected chi connectivity index (χ2v) is 10.0. The smallest absolute Gasteiger partial charge is 0.224 e. The van der Waals surface area contributed by atoms with Gasteiger partial charge in [0.2, 0.25) is 35.7 Å². The van der Waals surface area contributed by atoms with Crippen molar-refractivity contribution in [1.82, 2.24) is 0 Å². The van der Waals surface area contributed by atoms with Crippen LogP contribution in [0, 0.1) is 0 Å². The van der Waals surface area contributed by atoms with E-state index in [2.05, 4.69) is 51.4 Å². The van der Waals surface area contributed by atoms with Crippen molar-refractivity contribution in [3.05, 3.63) is 58.7 Å². The molecule has 0 heterocycles. The van der Waals surface area contributed by atoms with Gasteiger partial charge in [0.25, 0.3) is 0 Å². The van der Waals surface area contributed by atoms with Crippen molar-refractivity contribution in [3.8, 4) is 0 Å². The van der Waals surface area contributed by atoms with E-state index in [0.717, 1.165) is 0 Å². The Kier molecular flexibility index (Phi) is 13.7. The van der Waals surface area contributed by atoms with Gasteiger partial charge in [0.15, 0.2) is 0 Å². The van der Waals surface area contributed by atoms with Gasteiger partial charge in [-0.3, -0.25) is 9.59 Å². The summed E-state index contributed by atoms with van der Waals surface area (Å²) in [7, 11) is 0. The fourth-order valence-electron chi connectivity index (χ4n) is 3.67. The first-order valence-electron chi connectivity index (χ1n) is 14.0. The molecular weight excluding hydrogens is 620 g/mol. The van der Waals surface area contributed by atoms with Crippen LogP contribution in [0.3, 0.4) is 0 Å². The van der Waals surface area contributed by atoms with Crippen LogP contribution < -0.4 is 56.5 Å². The molecule has 0 saturated carbocycles. The second kappa shape index (κ2) is 17.6. The lowest BCUT2D eigenvalue weighted by molar-refractivity contribution is -0.121. The van der Waals surface area contributed by atoms with Gasteiger partial charge in [0.05, 0.1) is 22.8 Å². The summed E-state index contributed by atoms with van der Waals surface area (Å²) < 4.78 is 0. The molecule has 0 aromatic heterocycles. The quantitative estimate of drug-likeness (QED) is 0.0711. The number of benzene rings is 2. The molecule has 254 valence electrons. The normalized spacial score (nSPS) is 12.0. The van der Waals surface area contributed by atoms with Crippen molar-refractivity contribution in [2.75, 3.05) is 10.6 Å². The fourth-order valence-corrected chi connectivity index (χ4v) is 3.67. The molecule has 0 radical (unpaired) electrons. The Hall–Kier alpha value is -6.86. The van der Waals surface area contributed by atoms with E-state index >= 15 is 0 Å². The zero-order valence-electron chi connectivity index (χ0n) is 26.9. The zero-order valence-corrected chi connectivity index (χ0v) is 26.9. The molecule has 0 atom stereocenters. The van der Waals surface area contributed by atoms with E-state index in [4.69, 9.17) is 45.9 Å². The highest BCUT2D eigenvalue weighted by Crippen LogP contribution is 2.20. The molecule has 2 aromatic carbocycles. The minimum absolute atomic E-state index is 0.157. The molecule has 0 saturated heterocycles. The highest BCUT2D eigenvalue weighted by molar-refractivity contribution is 6.08. The van der Waals surface area contributed by atoms with Crippen LogP contribution in [0.1, 0.15) is 62.8 Å². The van der Waals surface area contributed by atoms with Crippen LogP contribution in [-0.4, -0.2) is 58.5 Å². The lowest BCUT2D eigenvalue weighted by Crippen LogP contribution is -2.22. The Morgan fingerprint density at radius 2 is 0.667 bits per heavy atom. The minimum atomic E-state index is -0.444. The highest BCUT2D eigenvalue weighted by atomic mass is 16.2.